The number of hydrogen-bond donors (Lipinski definition) is 1. The molecular weight excluding hydrogens is 268 g/mol. The number of thioether (sulfide) groups is 1. The molecule has 0 spiro atoms. The summed E-state index contributed by atoms with van der Waals surface area (Å²) in [6.07, 6.45) is 0. The van der Waals surface area contributed by atoms with Crippen molar-refractivity contribution in [3.63, 3.8) is 0 Å². The van der Waals surface area contributed by atoms with Crippen LogP contribution in [0, 0.1) is 0 Å². The van der Waals surface area contributed by atoms with Gasteiger partial charge in [-0.2, -0.15) is 0 Å². The van der Waals surface area contributed by atoms with Crippen molar-refractivity contribution in [1.29, 1.82) is 0 Å². The first-order valence-corrected chi connectivity index (χ1v) is 7.25. The van der Waals surface area contributed by atoms with Gasteiger partial charge in [-0.3, -0.25) is 4.79 Å². The van der Waals surface area contributed by atoms with E-state index in [9.17, 15) is 4.79 Å². The fourth-order valence-corrected chi connectivity index (χ4v) is 2.91. The summed E-state index contributed by atoms with van der Waals surface area (Å²) in [5, 5.41) is 0.472. The number of halogens is 1. The van der Waals surface area contributed by atoms with Crippen LogP contribution in [0.25, 0.3) is 0 Å². The molecule has 0 bridgehead atoms. The average Bonchev–Trinajstić information content (AvgIpc) is 2.35. The first-order chi connectivity index (χ1) is 8.49. The van der Waals surface area contributed by atoms with Crippen LogP contribution < -0.4 is 5.73 Å². The Morgan fingerprint density at radius 3 is 2.61 bits per heavy atom. The van der Waals surface area contributed by atoms with Gasteiger partial charge in [-0.1, -0.05) is 11.6 Å². The van der Waals surface area contributed by atoms with E-state index in [-0.39, 0.29) is 11.2 Å². The first kappa shape index (κ1) is 15.2. The predicted octanol–water partition coefficient (Wildman–Crippen LogP) is 3.27. The molecule has 18 heavy (non-hydrogen) atoms. The number of hydrogen-bond acceptors (Lipinski definition) is 3. The normalized spacial score (nSPS) is 12.2. The lowest BCUT2D eigenvalue weighted by Gasteiger charge is -2.22. The van der Waals surface area contributed by atoms with Crippen molar-refractivity contribution in [3.8, 4) is 0 Å². The molecule has 0 radical (unpaired) electrons. The number of nitrogen functional groups attached to an aromatic ring is 1. The van der Waals surface area contributed by atoms with Gasteiger partial charge in [-0.25, -0.2) is 0 Å². The van der Waals surface area contributed by atoms with Crippen LogP contribution in [0.3, 0.4) is 0 Å². The Hall–Kier alpha value is -0.870. The highest BCUT2D eigenvalue weighted by Crippen LogP contribution is 2.31. The molecule has 0 aliphatic heterocycles. The maximum absolute atomic E-state index is 12.1. The standard InChI is InChI=1S/C13H19ClN2OS/c1-4-16(5-2)13(17)9(3)18-12-8-10(14)6-7-11(12)15/h6-9H,4-5,15H2,1-3H3. The molecule has 0 saturated carbocycles. The molecule has 100 valence electrons. The molecule has 2 N–H and O–H groups in total. The summed E-state index contributed by atoms with van der Waals surface area (Å²) in [6, 6.07) is 5.31. The fourth-order valence-electron chi connectivity index (χ4n) is 1.64. The molecule has 5 heteroatoms. The number of nitrogens with two attached hydrogens (primary N) is 1. The van der Waals surface area contributed by atoms with Gasteiger partial charge in [-0.05, 0) is 39.0 Å². The average molecular weight is 287 g/mol. The minimum atomic E-state index is -0.161. The minimum absolute atomic E-state index is 0.129. The molecule has 1 aromatic rings. The second-order valence-electron chi connectivity index (χ2n) is 3.95. The number of anilines is 1. The first-order valence-electron chi connectivity index (χ1n) is 6.00. The van der Waals surface area contributed by atoms with E-state index >= 15 is 0 Å². The fraction of sp³-hybridized carbons (Fsp3) is 0.462. The van der Waals surface area contributed by atoms with E-state index in [1.165, 1.54) is 11.8 Å². The third-order valence-corrected chi connectivity index (χ3v) is 4.10. The van der Waals surface area contributed by atoms with Crippen molar-refractivity contribution < 1.29 is 4.79 Å². The van der Waals surface area contributed by atoms with Crippen LogP contribution in [0.2, 0.25) is 5.02 Å². The predicted molar refractivity (Wildman–Crippen MR) is 79.1 cm³/mol. The van der Waals surface area contributed by atoms with Crippen LogP contribution in [-0.4, -0.2) is 29.1 Å². The minimum Gasteiger partial charge on any atom is -0.398 e. The highest BCUT2D eigenvalue weighted by molar-refractivity contribution is 8.00. The Kier molecular flexibility index (Phi) is 5.82. The molecule has 1 atom stereocenters. The van der Waals surface area contributed by atoms with Crippen LogP contribution >= 0.6 is 23.4 Å². The van der Waals surface area contributed by atoms with Gasteiger partial charge in [0.25, 0.3) is 0 Å². The third kappa shape index (κ3) is 3.82. The molecule has 0 fully saturated rings. The second kappa shape index (κ2) is 6.90. The van der Waals surface area contributed by atoms with E-state index in [1.54, 1.807) is 18.2 Å². The van der Waals surface area contributed by atoms with Gasteiger partial charge in [0.1, 0.15) is 0 Å². The number of benzene rings is 1. The lowest BCUT2D eigenvalue weighted by atomic mass is 10.3. The van der Waals surface area contributed by atoms with Gasteiger partial charge in [0.2, 0.25) is 5.91 Å². The Bertz CT molecular complexity index is 421. The van der Waals surface area contributed by atoms with E-state index in [4.69, 9.17) is 17.3 Å². The molecule has 0 aromatic heterocycles. The molecule has 0 heterocycles. The number of nitrogens with zero attached hydrogens (tertiary/aromatic N) is 1. The molecule has 1 aromatic carbocycles. The van der Waals surface area contributed by atoms with Gasteiger partial charge < -0.3 is 10.6 Å². The van der Waals surface area contributed by atoms with Gasteiger partial charge in [0.05, 0.1) is 5.25 Å². The molecular formula is C13H19ClN2OS. The van der Waals surface area contributed by atoms with Crippen molar-refractivity contribution in [1.82, 2.24) is 4.90 Å². The number of carbonyl (C=O) groups is 1. The SMILES string of the molecule is CCN(CC)C(=O)C(C)Sc1cc(Cl)ccc1N. The lowest BCUT2D eigenvalue weighted by molar-refractivity contribution is -0.129. The number of rotatable bonds is 5. The largest absolute Gasteiger partial charge is 0.398 e. The maximum Gasteiger partial charge on any atom is 0.235 e. The second-order valence-corrected chi connectivity index (χ2v) is 5.77. The third-order valence-electron chi connectivity index (χ3n) is 2.70. The van der Waals surface area contributed by atoms with E-state index in [1.807, 2.05) is 25.7 Å². The summed E-state index contributed by atoms with van der Waals surface area (Å²) in [5.74, 6) is 0.129. The zero-order valence-corrected chi connectivity index (χ0v) is 12.5. The quantitative estimate of drug-likeness (QED) is 0.667. The van der Waals surface area contributed by atoms with Gasteiger partial charge >= 0.3 is 0 Å². The van der Waals surface area contributed by atoms with Crippen molar-refractivity contribution in [2.75, 3.05) is 18.8 Å². The summed E-state index contributed by atoms with van der Waals surface area (Å²) in [5.41, 5.74) is 6.53. The summed E-state index contributed by atoms with van der Waals surface area (Å²) in [7, 11) is 0. The molecule has 3 nitrogen and oxygen atoms in total. The summed E-state index contributed by atoms with van der Waals surface area (Å²) >= 11 is 7.38. The zero-order valence-electron chi connectivity index (χ0n) is 10.9. The van der Waals surface area contributed by atoms with Crippen molar-refractivity contribution in [2.45, 2.75) is 30.9 Å². The Labute approximate surface area is 118 Å². The molecule has 1 unspecified atom stereocenters. The lowest BCUT2D eigenvalue weighted by Crippen LogP contribution is -2.36. The summed E-state index contributed by atoms with van der Waals surface area (Å²) < 4.78 is 0. The van der Waals surface area contributed by atoms with Gasteiger partial charge in [0, 0.05) is 28.7 Å². The molecule has 1 rings (SSSR count). The highest BCUT2D eigenvalue weighted by atomic mass is 35.5. The zero-order chi connectivity index (χ0) is 13.7. The van der Waals surface area contributed by atoms with Crippen molar-refractivity contribution in [3.05, 3.63) is 23.2 Å². The van der Waals surface area contributed by atoms with Crippen LogP contribution in [0.15, 0.2) is 23.1 Å². The van der Waals surface area contributed by atoms with E-state index < -0.39 is 0 Å². The van der Waals surface area contributed by atoms with E-state index in [2.05, 4.69) is 0 Å². The van der Waals surface area contributed by atoms with Crippen molar-refractivity contribution in [2.24, 2.45) is 0 Å². The van der Waals surface area contributed by atoms with E-state index in [0.717, 1.165) is 18.0 Å². The Balaban J connectivity index is 2.77. The molecule has 0 aliphatic rings. The van der Waals surface area contributed by atoms with Gasteiger partial charge in [-0.15, -0.1) is 11.8 Å². The van der Waals surface area contributed by atoms with Crippen LogP contribution in [0.5, 0.6) is 0 Å². The Morgan fingerprint density at radius 1 is 1.44 bits per heavy atom. The maximum atomic E-state index is 12.1. The number of amides is 1. The Morgan fingerprint density at radius 2 is 2.06 bits per heavy atom. The highest BCUT2D eigenvalue weighted by Gasteiger charge is 2.20. The monoisotopic (exact) mass is 286 g/mol. The van der Waals surface area contributed by atoms with Gasteiger partial charge in [0.15, 0.2) is 0 Å². The van der Waals surface area contributed by atoms with Crippen LogP contribution in [-0.2, 0) is 4.79 Å². The molecule has 0 aliphatic carbocycles. The summed E-state index contributed by atoms with van der Waals surface area (Å²) in [4.78, 5) is 14.8. The summed E-state index contributed by atoms with van der Waals surface area (Å²) in [6.45, 7) is 7.31. The van der Waals surface area contributed by atoms with Crippen molar-refractivity contribution >= 4 is 35.0 Å². The van der Waals surface area contributed by atoms with Crippen LogP contribution in [0.1, 0.15) is 20.8 Å². The van der Waals surface area contributed by atoms with Crippen LogP contribution in [0.4, 0.5) is 5.69 Å². The molecule has 1 amide bonds. The topological polar surface area (TPSA) is 46.3 Å². The number of carbonyl (C=O) groups excluding carboxylic acids is 1. The molecule has 0 saturated heterocycles. The smallest absolute Gasteiger partial charge is 0.235 e. The van der Waals surface area contributed by atoms with E-state index in [0.29, 0.717) is 10.7 Å².